The number of benzene rings is 1. The minimum atomic E-state index is 0. The highest BCUT2D eigenvalue weighted by Crippen LogP contribution is 2.22. The summed E-state index contributed by atoms with van der Waals surface area (Å²) in [6, 6.07) is 6.35. The maximum absolute atomic E-state index is 12.4. The first-order chi connectivity index (χ1) is 8.78. The maximum atomic E-state index is 12.4. The maximum Gasteiger partial charge on any atom is 0.253 e. The molecule has 2 aliphatic rings. The number of carbonyl (C=O) groups is 1. The summed E-state index contributed by atoms with van der Waals surface area (Å²) < 4.78 is 5.37. The van der Waals surface area contributed by atoms with E-state index in [1.54, 1.807) is 0 Å². The molecule has 0 radical (unpaired) electrons. The number of likely N-dealkylation sites (N-methyl/N-ethyl adjacent to an activating group) is 1. The first-order valence-electron chi connectivity index (χ1n) is 6.44. The molecule has 2 aliphatic heterocycles. The summed E-state index contributed by atoms with van der Waals surface area (Å²) in [4.78, 5) is 14.3. The fraction of sp³-hybridized carbons (Fsp3) is 0.500. The third-order valence-corrected chi connectivity index (χ3v) is 3.85. The first-order valence-corrected chi connectivity index (χ1v) is 6.44. The lowest BCUT2D eigenvalue weighted by Gasteiger charge is -2.16. The van der Waals surface area contributed by atoms with E-state index in [1.165, 1.54) is 5.56 Å². The Hall–Kier alpha value is -1.10. The topological polar surface area (TPSA) is 41.6 Å². The van der Waals surface area contributed by atoms with Gasteiger partial charge in [0, 0.05) is 24.7 Å². The molecule has 1 amide bonds. The van der Waals surface area contributed by atoms with E-state index in [2.05, 4.69) is 5.32 Å². The van der Waals surface area contributed by atoms with Crippen molar-refractivity contribution in [2.45, 2.75) is 25.7 Å². The third-order valence-electron chi connectivity index (χ3n) is 3.85. The normalized spacial score (nSPS) is 21.1. The van der Waals surface area contributed by atoms with Gasteiger partial charge in [-0.05, 0) is 36.7 Å². The third kappa shape index (κ3) is 2.76. The van der Waals surface area contributed by atoms with Crippen molar-refractivity contribution in [2.75, 3.05) is 20.1 Å². The molecule has 1 unspecified atom stereocenters. The second-order valence-electron chi connectivity index (χ2n) is 5.00. The van der Waals surface area contributed by atoms with Crippen molar-refractivity contribution < 1.29 is 9.53 Å². The van der Waals surface area contributed by atoms with Crippen LogP contribution >= 0.6 is 12.4 Å². The van der Waals surface area contributed by atoms with Crippen molar-refractivity contribution in [2.24, 2.45) is 0 Å². The summed E-state index contributed by atoms with van der Waals surface area (Å²) in [5.41, 5.74) is 3.15. The van der Waals surface area contributed by atoms with E-state index in [-0.39, 0.29) is 18.3 Å². The number of hydrogen-bond donors (Lipinski definition) is 1. The van der Waals surface area contributed by atoms with Crippen LogP contribution in [0.4, 0.5) is 0 Å². The quantitative estimate of drug-likeness (QED) is 0.895. The molecule has 3 rings (SSSR count). The lowest BCUT2D eigenvalue weighted by Crippen LogP contribution is -2.33. The predicted molar refractivity (Wildman–Crippen MR) is 75.6 cm³/mol. The minimum Gasteiger partial charge on any atom is -0.372 e. The summed E-state index contributed by atoms with van der Waals surface area (Å²) in [5, 5.41) is 3.23. The Kier molecular flexibility index (Phi) is 4.45. The highest BCUT2D eigenvalue weighted by atomic mass is 35.5. The SMILES string of the molecule is CNC1CCN(C(=O)c2ccc3c(c2)COC3)C1.Cl. The Morgan fingerprint density at radius 3 is 2.89 bits per heavy atom. The molecule has 1 fully saturated rings. The number of halogens is 1. The zero-order valence-electron chi connectivity index (χ0n) is 11.0. The lowest BCUT2D eigenvalue weighted by molar-refractivity contribution is 0.0789. The Balaban J connectivity index is 0.00000133. The fourth-order valence-corrected chi connectivity index (χ4v) is 2.67. The predicted octanol–water partition coefficient (Wildman–Crippen LogP) is 1.57. The molecule has 19 heavy (non-hydrogen) atoms. The van der Waals surface area contributed by atoms with Gasteiger partial charge in [-0.1, -0.05) is 6.07 Å². The number of nitrogens with one attached hydrogen (secondary N) is 1. The van der Waals surface area contributed by atoms with Gasteiger partial charge in [-0.25, -0.2) is 0 Å². The number of hydrogen-bond acceptors (Lipinski definition) is 3. The van der Waals surface area contributed by atoms with Gasteiger partial charge in [0.1, 0.15) is 0 Å². The average Bonchev–Trinajstić information content (AvgIpc) is 3.05. The Morgan fingerprint density at radius 2 is 2.16 bits per heavy atom. The molecular formula is C14H19ClN2O2. The molecule has 4 nitrogen and oxygen atoms in total. The van der Waals surface area contributed by atoms with Crippen LogP contribution in [-0.4, -0.2) is 37.0 Å². The van der Waals surface area contributed by atoms with Gasteiger partial charge in [-0.3, -0.25) is 4.79 Å². The van der Waals surface area contributed by atoms with Crippen molar-refractivity contribution in [3.8, 4) is 0 Å². The highest BCUT2D eigenvalue weighted by Gasteiger charge is 2.26. The van der Waals surface area contributed by atoms with Crippen LogP contribution in [0.2, 0.25) is 0 Å². The molecule has 0 aromatic heterocycles. The number of carbonyl (C=O) groups excluding carboxylic acids is 1. The molecule has 1 saturated heterocycles. The number of rotatable bonds is 2. The van der Waals surface area contributed by atoms with Gasteiger partial charge in [-0.2, -0.15) is 0 Å². The van der Waals surface area contributed by atoms with Crippen LogP contribution in [-0.2, 0) is 18.0 Å². The second-order valence-corrected chi connectivity index (χ2v) is 5.00. The summed E-state index contributed by atoms with van der Waals surface area (Å²) in [7, 11) is 1.95. The molecule has 0 spiro atoms. The van der Waals surface area contributed by atoms with Crippen LogP contribution in [0.5, 0.6) is 0 Å². The summed E-state index contributed by atoms with van der Waals surface area (Å²) in [6.07, 6.45) is 1.04. The van der Waals surface area contributed by atoms with Crippen LogP contribution in [0.15, 0.2) is 18.2 Å². The van der Waals surface area contributed by atoms with Gasteiger partial charge in [0.15, 0.2) is 0 Å². The molecule has 1 atom stereocenters. The highest BCUT2D eigenvalue weighted by molar-refractivity contribution is 5.94. The monoisotopic (exact) mass is 282 g/mol. The smallest absolute Gasteiger partial charge is 0.253 e. The molecular weight excluding hydrogens is 264 g/mol. The molecule has 5 heteroatoms. The molecule has 104 valence electrons. The minimum absolute atomic E-state index is 0. The zero-order chi connectivity index (χ0) is 12.5. The Bertz CT molecular complexity index is 479. The van der Waals surface area contributed by atoms with E-state index in [1.807, 2.05) is 30.1 Å². The van der Waals surface area contributed by atoms with Gasteiger partial charge >= 0.3 is 0 Å². The van der Waals surface area contributed by atoms with Crippen LogP contribution < -0.4 is 5.32 Å². The Morgan fingerprint density at radius 1 is 1.37 bits per heavy atom. The number of ether oxygens (including phenoxy) is 1. The molecule has 2 heterocycles. The van der Waals surface area contributed by atoms with Crippen molar-refractivity contribution in [1.82, 2.24) is 10.2 Å². The van der Waals surface area contributed by atoms with Crippen molar-refractivity contribution >= 4 is 18.3 Å². The van der Waals surface area contributed by atoms with E-state index in [0.717, 1.165) is 30.6 Å². The van der Waals surface area contributed by atoms with Crippen molar-refractivity contribution in [3.05, 3.63) is 34.9 Å². The average molecular weight is 283 g/mol. The van der Waals surface area contributed by atoms with Gasteiger partial charge < -0.3 is 15.0 Å². The second kappa shape index (κ2) is 5.90. The van der Waals surface area contributed by atoms with Crippen LogP contribution in [0, 0.1) is 0 Å². The van der Waals surface area contributed by atoms with Gasteiger partial charge in [-0.15, -0.1) is 12.4 Å². The number of fused-ring (bicyclic) bond motifs is 1. The molecule has 0 aliphatic carbocycles. The molecule has 1 aromatic carbocycles. The van der Waals surface area contributed by atoms with E-state index in [9.17, 15) is 4.79 Å². The van der Waals surface area contributed by atoms with E-state index < -0.39 is 0 Å². The van der Waals surface area contributed by atoms with Crippen LogP contribution in [0.1, 0.15) is 27.9 Å². The summed E-state index contributed by atoms with van der Waals surface area (Å²) in [6.45, 7) is 2.96. The standard InChI is InChI=1S/C14H18N2O2.ClH/c1-15-13-4-5-16(7-13)14(17)10-2-3-11-8-18-9-12(11)6-10;/h2-3,6,13,15H,4-5,7-9H2,1H3;1H. The van der Waals surface area contributed by atoms with Crippen LogP contribution in [0.3, 0.4) is 0 Å². The van der Waals surface area contributed by atoms with Gasteiger partial charge in [0.25, 0.3) is 5.91 Å². The number of amides is 1. The summed E-state index contributed by atoms with van der Waals surface area (Å²) >= 11 is 0. The van der Waals surface area contributed by atoms with Crippen molar-refractivity contribution in [3.63, 3.8) is 0 Å². The van der Waals surface area contributed by atoms with Gasteiger partial charge in [0.2, 0.25) is 0 Å². The fourth-order valence-electron chi connectivity index (χ4n) is 2.67. The van der Waals surface area contributed by atoms with Crippen molar-refractivity contribution in [1.29, 1.82) is 0 Å². The molecule has 0 bridgehead atoms. The Labute approximate surface area is 119 Å². The molecule has 1 aromatic rings. The first kappa shape index (κ1) is 14.3. The molecule has 1 N–H and O–H groups in total. The van der Waals surface area contributed by atoms with E-state index in [0.29, 0.717) is 19.3 Å². The lowest BCUT2D eigenvalue weighted by atomic mass is 10.1. The number of likely N-dealkylation sites (tertiary alicyclic amines) is 1. The van der Waals surface area contributed by atoms with E-state index >= 15 is 0 Å². The van der Waals surface area contributed by atoms with E-state index in [4.69, 9.17) is 4.74 Å². The largest absolute Gasteiger partial charge is 0.372 e. The zero-order valence-corrected chi connectivity index (χ0v) is 11.8. The molecule has 0 saturated carbocycles. The van der Waals surface area contributed by atoms with Gasteiger partial charge in [0.05, 0.1) is 13.2 Å². The van der Waals surface area contributed by atoms with Crippen LogP contribution in [0.25, 0.3) is 0 Å². The summed E-state index contributed by atoms with van der Waals surface area (Å²) in [5.74, 6) is 0.141. The number of nitrogens with zero attached hydrogens (tertiary/aromatic N) is 1.